The summed E-state index contributed by atoms with van der Waals surface area (Å²) in [6.45, 7) is 7.00. The highest BCUT2D eigenvalue weighted by atomic mass is 79.9. The largest absolute Gasteiger partial charge is 0.370 e. The summed E-state index contributed by atoms with van der Waals surface area (Å²) in [6.07, 6.45) is 2.86. The molecule has 4 nitrogen and oxygen atoms in total. The van der Waals surface area contributed by atoms with Gasteiger partial charge in [0, 0.05) is 22.8 Å². The maximum absolute atomic E-state index is 4.52. The Balaban J connectivity index is 2.26. The molecule has 2 heterocycles. The zero-order chi connectivity index (χ0) is 14.5. The molecule has 2 aromatic rings. The predicted molar refractivity (Wildman–Crippen MR) is 86.3 cm³/mol. The quantitative estimate of drug-likeness (QED) is 0.816. The van der Waals surface area contributed by atoms with E-state index in [0.29, 0.717) is 0 Å². The summed E-state index contributed by atoms with van der Waals surface area (Å²) in [7, 11) is 0. The van der Waals surface area contributed by atoms with Gasteiger partial charge in [-0.1, -0.05) is 6.92 Å². The summed E-state index contributed by atoms with van der Waals surface area (Å²) in [5.41, 5.74) is 1.07. The molecule has 0 aliphatic rings. The molecule has 0 aliphatic heterocycles. The number of nitrogens with one attached hydrogen (secondary N) is 1. The molecule has 0 bridgehead atoms. The third-order valence-corrected chi connectivity index (χ3v) is 4.17. The number of nitrogens with zero attached hydrogens (tertiary/aromatic N) is 3. The number of rotatable bonds is 5. The highest BCUT2D eigenvalue weighted by Gasteiger charge is 2.11. The summed E-state index contributed by atoms with van der Waals surface area (Å²) < 4.78 is 0.975. The average molecular weight is 353 g/mol. The Morgan fingerprint density at radius 1 is 1.25 bits per heavy atom. The lowest BCUT2D eigenvalue weighted by molar-refractivity contribution is 0.907. The van der Waals surface area contributed by atoms with Crippen LogP contribution in [-0.4, -0.2) is 21.5 Å². The first-order valence-electron chi connectivity index (χ1n) is 6.48. The zero-order valence-corrected chi connectivity index (χ0v) is 14.2. The maximum Gasteiger partial charge on any atom is 0.133 e. The molecule has 2 aromatic heterocycles. The molecule has 2 rings (SSSR count). The van der Waals surface area contributed by atoms with Crippen molar-refractivity contribution >= 4 is 33.5 Å². The molecule has 0 aromatic carbocycles. The molecule has 0 saturated carbocycles. The standard InChI is InChI=1S/C14H17BrN4S/c1-4-7-16-13-9(2)14(19-10(3)18-13)20-12-6-5-11(15)8-17-12/h5-6,8H,4,7H2,1-3H3,(H,16,18,19). The molecule has 0 saturated heterocycles. The Morgan fingerprint density at radius 2 is 2.05 bits per heavy atom. The van der Waals surface area contributed by atoms with Gasteiger partial charge in [0.2, 0.25) is 0 Å². The Morgan fingerprint density at radius 3 is 2.70 bits per heavy atom. The monoisotopic (exact) mass is 352 g/mol. The second-order valence-electron chi connectivity index (χ2n) is 4.39. The van der Waals surface area contributed by atoms with Crippen LogP contribution >= 0.6 is 27.7 Å². The van der Waals surface area contributed by atoms with E-state index >= 15 is 0 Å². The molecule has 6 heteroatoms. The molecule has 0 fully saturated rings. The summed E-state index contributed by atoms with van der Waals surface area (Å²) in [4.78, 5) is 13.4. The third-order valence-electron chi connectivity index (χ3n) is 2.66. The number of halogens is 1. The molecule has 20 heavy (non-hydrogen) atoms. The van der Waals surface area contributed by atoms with Crippen molar-refractivity contribution in [1.29, 1.82) is 0 Å². The van der Waals surface area contributed by atoms with E-state index in [9.17, 15) is 0 Å². The van der Waals surface area contributed by atoms with Gasteiger partial charge in [0.1, 0.15) is 21.7 Å². The highest BCUT2D eigenvalue weighted by Crippen LogP contribution is 2.30. The molecule has 0 atom stereocenters. The number of aromatic nitrogens is 3. The van der Waals surface area contributed by atoms with E-state index in [1.165, 1.54) is 0 Å². The number of hydrogen-bond donors (Lipinski definition) is 1. The van der Waals surface area contributed by atoms with E-state index in [1.54, 1.807) is 18.0 Å². The van der Waals surface area contributed by atoms with Crippen LogP contribution in [0, 0.1) is 13.8 Å². The fourth-order valence-corrected chi connectivity index (χ4v) is 2.74. The minimum Gasteiger partial charge on any atom is -0.370 e. The fourth-order valence-electron chi connectivity index (χ4n) is 1.64. The Hall–Kier alpha value is -1.14. The molecule has 106 valence electrons. The molecule has 0 spiro atoms. The Bertz CT molecular complexity index is 586. The van der Waals surface area contributed by atoms with Gasteiger partial charge in [0.15, 0.2) is 0 Å². The minimum atomic E-state index is 0.772. The second kappa shape index (κ2) is 7.04. The van der Waals surface area contributed by atoms with Gasteiger partial charge in [0.05, 0.1) is 0 Å². The summed E-state index contributed by atoms with van der Waals surface area (Å²) in [6, 6.07) is 3.96. The summed E-state index contributed by atoms with van der Waals surface area (Å²) in [5.74, 6) is 1.69. The minimum absolute atomic E-state index is 0.772. The SMILES string of the molecule is CCCNc1nc(C)nc(Sc2ccc(Br)cn2)c1C. The molecule has 0 unspecified atom stereocenters. The van der Waals surface area contributed by atoms with Crippen LogP contribution in [0.1, 0.15) is 24.7 Å². The van der Waals surface area contributed by atoms with Crippen molar-refractivity contribution in [1.82, 2.24) is 15.0 Å². The number of hydrogen-bond acceptors (Lipinski definition) is 5. The molecular formula is C14H17BrN4S. The third kappa shape index (κ3) is 3.93. The number of anilines is 1. The fraction of sp³-hybridized carbons (Fsp3) is 0.357. The molecule has 1 N–H and O–H groups in total. The van der Waals surface area contributed by atoms with Gasteiger partial charge in [-0.3, -0.25) is 0 Å². The normalized spacial score (nSPS) is 10.6. The van der Waals surface area contributed by atoms with Gasteiger partial charge < -0.3 is 5.32 Å². The van der Waals surface area contributed by atoms with Crippen molar-refractivity contribution < 1.29 is 0 Å². The zero-order valence-electron chi connectivity index (χ0n) is 11.8. The van der Waals surface area contributed by atoms with Gasteiger partial charge in [-0.25, -0.2) is 15.0 Å². The van der Waals surface area contributed by atoms with Gasteiger partial charge in [-0.2, -0.15) is 0 Å². The topological polar surface area (TPSA) is 50.7 Å². The second-order valence-corrected chi connectivity index (χ2v) is 6.32. The molecular weight excluding hydrogens is 336 g/mol. The van der Waals surface area contributed by atoms with E-state index in [4.69, 9.17) is 0 Å². The van der Waals surface area contributed by atoms with Crippen LogP contribution < -0.4 is 5.32 Å². The lowest BCUT2D eigenvalue weighted by Gasteiger charge is -2.11. The van der Waals surface area contributed by atoms with Gasteiger partial charge >= 0.3 is 0 Å². The van der Waals surface area contributed by atoms with Crippen LogP contribution in [0.2, 0.25) is 0 Å². The van der Waals surface area contributed by atoms with Crippen LogP contribution in [0.5, 0.6) is 0 Å². The predicted octanol–water partition coefficient (Wildman–Crippen LogP) is 4.22. The van der Waals surface area contributed by atoms with Crippen molar-refractivity contribution in [2.45, 2.75) is 37.2 Å². The van der Waals surface area contributed by atoms with Gasteiger partial charge in [-0.05, 0) is 60.1 Å². The van der Waals surface area contributed by atoms with Crippen molar-refractivity contribution in [3.63, 3.8) is 0 Å². The summed E-state index contributed by atoms with van der Waals surface area (Å²) in [5, 5.41) is 5.22. The summed E-state index contributed by atoms with van der Waals surface area (Å²) >= 11 is 4.95. The van der Waals surface area contributed by atoms with E-state index < -0.39 is 0 Å². The van der Waals surface area contributed by atoms with Crippen LogP contribution in [-0.2, 0) is 0 Å². The average Bonchev–Trinajstić information content (AvgIpc) is 2.43. The van der Waals surface area contributed by atoms with E-state index in [0.717, 1.165) is 44.7 Å². The van der Waals surface area contributed by atoms with Crippen molar-refractivity contribution in [3.05, 3.63) is 34.2 Å². The van der Waals surface area contributed by atoms with Crippen LogP contribution in [0.3, 0.4) is 0 Å². The molecule has 0 aliphatic carbocycles. The Labute approximate surface area is 132 Å². The lowest BCUT2D eigenvalue weighted by atomic mass is 10.3. The molecule has 0 radical (unpaired) electrons. The first-order valence-corrected chi connectivity index (χ1v) is 8.09. The number of aryl methyl sites for hydroxylation is 1. The Kier molecular flexibility index (Phi) is 5.37. The highest BCUT2D eigenvalue weighted by molar-refractivity contribution is 9.10. The van der Waals surface area contributed by atoms with E-state index in [-0.39, 0.29) is 0 Å². The van der Waals surface area contributed by atoms with Crippen molar-refractivity contribution in [3.8, 4) is 0 Å². The smallest absolute Gasteiger partial charge is 0.133 e. The van der Waals surface area contributed by atoms with Crippen LogP contribution in [0.15, 0.2) is 32.9 Å². The number of pyridine rings is 1. The van der Waals surface area contributed by atoms with E-state index in [2.05, 4.69) is 43.1 Å². The first kappa shape index (κ1) is 15.3. The van der Waals surface area contributed by atoms with Gasteiger partial charge in [0.25, 0.3) is 0 Å². The maximum atomic E-state index is 4.52. The molecule has 0 amide bonds. The lowest BCUT2D eigenvalue weighted by Crippen LogP contribution is -2.07. The van der Waals surface area contributed by atoms with Crippen molar-refractivity contribution in [2.75, 3.05) is 11.9 Å². The first-order chi connectivity index (χ1) is 9.60. The van der Waals surface area contributed by atoms with Gasteiger partial charge in [-0.15, -0.1) is 0 Å². The van der Waals surface area contributed by atoms with Crippen LogP contribution in [0.4, 0.5) is 5.82 Å². The van der Waals surface area contributed by atoms with Crippen LogP contribution in [0.25, 0.3) is 0 Å². The van der Waals surface area contributed by atoms with E-state index in [1.807, 2.05) is 26.0 Å². The van der Waals surface area contributed by atoms with Crippen molar-refractivity contribution in [2.24, 2.45) is 0 Å².